The van der Waals surface area contributed by atoms with E-state index in [0.717, 1.165) is 4.90 Å². The number of nitrogens with zero attached hydrogens (tertiary/aromatic N) is 4. The van der Waals surface area contributed by atoms with Crippen molar-refractivity contribution in [3.63, 3.8) is 0 Å². The Bertz CT molecular complexity index is 1500. The summed E-state index contributed by atoms with van der Waals surface area (Å²) in [6, 6.07) is 8.99. The van der Waals surface area contributed by atoms with Gasteiger partial charge in [-0.1, -0.05) is 0 Å². The Morgan fingerprint density at radius 2 is 1.73 bits per heavy atom. The molecule has 13 nitrogen and oxygen atoms in total. The number of nitrogens with one attached hydrogen (secondary N) is 1. The van der Waals surface area contributed by atoms with Gasteiger partial charge in [-0.3, -0.25) is 24.2 Å². The van der Waals surface area contributed by atoms with Crippen LogP contribution in [0.1, 0.15) is 47.9 Å². The molecule has 3 aliphatic heterocycles. The van der Waals surface area contributed by atoms with E-state index in [9.17, 15) is 24.0 Å². The van der Waals surface area contributed by atoms with Crippen molar-refractivity contribution >= 4 is 47.0 Å². The van der Waals surface area contributed by atoms with Crippen LogP contribution in [-0.2, 0) is 14.3 Å². The molecule has 2 aromatic rings. The van der Waals surface area contributed by atoms with Crippen molar-refractivity contribution < 1.29 is 37.8 Å². The quantitative estimate of drug-likeness (QED) is 0.356. The summed E-state index contributed by atoms with van der Waals surface area (Å²) in [6.07, 6.45) is -1.92. The van der Waals surface area contributed by atoms with Crippen LogP contribution in [0.15, 0.2) is 36.4 Å². The summed E-state index contributed by atoms with van der Waals surface area (Å²) in [6.45, 7) is 6.77. The Labute approximate surface area is 253 Å². The summed E-state index contributed by atoms with van der Waals surface area (Å²) in [5.74, 6) is -1.66. The number of carbonyl (C=O) groups is 5. The number of imide groups is 1. The smallest absolute Gasteiger partial charge is 0.414 e. The summed E-state index contributed by atoms with van der Waals surface area (Å²) < 4.78 is 25.7. The van der Waals surface area contributed by atoms with Gasteiger partial charge < -0.3 is 30.3 Å². The van der Waals surface area contributed by atoms with E-state index in [1.54, 1.807) is 43.9 Å². The molecule has 3 N–H and O–H groups in total. The Morgan fingerprint density at radius 3 is 2.41 bits per heavy atom. The molecule has 0 aromatic heterocycles. The minimum atomic E-state index is -0.662. The van der Waals surface area contributed by atoms with Gasteiger partial charge in [0.1, 0.15) is 17.5 Å². The molecule has 0 unspecified atom stereocenters. The van der Waals surface area contributed by atoms with Gasteiger partial charge in [-0.15, -0.1) is 0 Å². The first kappa shape index (κ1) is 30.6. The molecule has 0 spiro atoms. The molecule has 5 rings (SSSR count). The van der Waals surface area contributed by atoms with Crippen LogP contribution in [0.4, 0.5) is 31.0 Å². The lowest BCUT2D eigenvalue weighted by Gasteiger charge is -2.36. The third-order valence-electron chi connectivity index (χ3n) is 7.51. The number of rotatable bonds is 7. The first-order valence-corrected chi connectivity index (χ1v) is 14.3. The maximum absolute atomic E-state index is 15.2. The van der Waals surface area contributed by atoms with E-state index < -0.39 is 41.5 Å². The number of hydrogen-bond donors (Lipinski definition) is 2. The van der Waals surface area contributed by atoms with E-state index in [2.05, 4.69) is 5.32 Å². The van der Waals surface area contributed by atoms with Crippen molar-refractivity contribution in [1.82, 2.24) is 15.1 Å². The van der Waals surface area contributed by atoms with Crippen molar-refractivity contribution in [3.8, 4) is 0 Å². The average Bonchev–Trinajstić information content (AvgIpc) is 3.45. The first-order chi connectivity index (χ1) is 20.8. The second-order valence-corrected chi connectivity index (χ2v) is 11.8. The fourth-order valence-corrected chi connectivity index (χ4v) is 5.34. The van der Waals surface area contributed by atoms with Gasteiger partial charge in [0.05, 0.1) is 35.6 Å². The molecule has 5 amide bonds. The van der Waals surface area contributed by atoms with Crippen molar-refractivity contribution in [2.45, 2.75) is 38.9 Å². The van der Waals surface area contributed by atoms with Crippen LogP contribution in [-0.4, -0.2) is 97.2 Å². The number of hydrogen-bond acceptors (Lipinski definition) is 9. The Balaban J connectivity index is 1.10. The highest BCUT2D eigenvalue weighted by molar-refractivity contribution is 6.21. The molecule has 2 fully saturated rings. The molecule has 44 heavy (non-hydrogen) atoms. The molecule has 0 aliphatic carbocycles. The van der Waals surface area contributed by atoms with Crippen LogP contribution in [0.25, 0.3) is 0 Å². The fraction of sp³-hybridized carbons (Fsp3) is 0.433. The third-order valence-corrected chi connectivity index (χ3v) is 7.51. The molecule has 2 aromatic carbocycles. The van der Waals surface area contributed by atoms with Crippen LogP contribution < -0.4 is 20.9 Å². The Morgan fingerprint density at radius 1 is 1.02 bits per heavy atom. The van der Waals surface area contributed by atoms with E-state index in [0.29, 0.717) is 43.2 Å². The average molecular weight is 611 g/mol. The van der Waals surface area contributed by atoms with E-state index >= 15 is 4.39 Å². The molecule has 234 valence electrons. The van der Waals surface area contributed by atoms with Crippen molar-refractivity contribution in [2.75, 3.05) is 61.3 Å². The predicted molar refractivity (Wildman–Crippen MR) is 158 cm³/mol. The van der Waals surface area contributed by atoms with E-state index in [-0.39, 0.29) is 43.1 Å². The summed E-state index contributed by atoms with van der Waals surface area (Å²) >= 11 is 0. The number of piperazine rings is 1. The number of benzene rings is 2. The normalized spacial score (nSPS) is 18.5. The van der Waals surface area contributed by atoms with Gasteiger partial charge in [0.15, 0.2) is 0 Å². The van der Waals surface area contributed by atoms with Crippen LogP contribution in [0, 0.1) is 5.82 Å². The number of anilines is 3. The van der Waals surface area contributed by atoms with E-state index in [1.165, 1.54) is 23.1 Å². The number of nitrogen functional groups attached to an aromatic ring is 1. The zero-order valence-corrected chi connectivity index (χ0v) is 24.8. The summed E-state index contributed by atoms with van der Waals surface area (Å²) in [4.78, 5) is 68.3. The molecule has 14 heteroatoms. The minimum Gasteiger partial charge on any atom is -0.444 e. The topological polar surface area (TPSA) is 155 Å². The fourth-order valence-electron chi connectivity index (χ4n) is 5.34. The molecular weight excluding hydrogens is 575 g/mol. The number of amides is 5. The van der Waals surface area contributed by atoms with Crippen LogP contribution in [0.5, 0.6) is 0 Å². The molecule has 0 bridgehead atoms. The lowest BCUT2D eigenvalue weighted by atomic mass is 10.1. The molecular formula is C30H35FN6O7. The standard InChI is InChI=1S/C30H35FN6O7/c1-30(2,3)44-28(41)33-16-20-17-37(29(42)43-20)19-5-7-24(23(31)15-19)34-10-12-35(13-11-34)25(38)8-9-36-26(39)21-6-4-18(32)14-22(21)27(36)40/h4-7,14-15,20H,8-13,16-17,32H2,1-3H3,(H,33,41)/t20-/m0/s1. The monoisotopic (exact) mass is 610 g/mol. The largest absolute Gasteiger partial charge is 0.444 e. The van der Waals surface area contributed by atoms with Crippen LogP contribution in [0.3, 0.4) is 0 Å². The van der Waals surface area contributed by atoms with Crippen molar-refractivity contribution in [1.29, 1.82) is 0 Å². The van der Waals surface area contributed by atoms with Gasteiger partial charge in [0, 0.05) is 44.8 Å². The molecule has 3 heterocycles. The second kappa shape index (κ2) is 12.0. The molecule has 0 saturated carbocycles. The number of cyclic esters (lactones) is 1. The summed E-state index contributed by atoms with van der Waals surface area (Å²) in [5, 5.41) is 2.57. The summed E-state index contributed by atoms with van der Waals surface area (Å²) in [5.41, 5.74) is 6.62. The zero-order chi connectivity index (χ0) is 31.8. The maximum atomic E-state index is 15.2. The van der Waals surface area contributed by atoms with Gasteiger partial charge >= 0.3 is 12.2 Å². The minimum absolute atomic E-state index is 0.0236. The number of alkyl carbamates (subject to hydrolysis) is 1. The number of ether oxygens (including phenoxy) is 2. The lowest BCUT2D eigenvalue weighted by Crippen LogP contribution is -2.49. The van der Waals surface area contributed by atoms with Crippen LogP contribution in [0.2, 0.25) is 0 Å². The first-order valence-electron chi connectivity index (χ1n) is 14.3. The van der Waals surface area contributed by atoms with E-state index in [4.69, 9.17) is 15.2 Å². The van der Waals surface area contributed by atoms with Gasteiger partial charge in [-0.25, -0.2) is 14.0 Å². The Kier molecular flexibility index (Phi) is 8.35. The van der Waals surface area contributed by atoms with Gasteiger partial charge in [-0.2, -0.15) is 0 Å². The zero-order valence-electron chi connectivity index (χ0n) is 24.8. The number of carbonyl (C=O) groups excluding carboxylic acids is 5. The second-order valence-electron chi connectivity index (χ2n) is 11.8. The predicted octanol–water partition coefficient (Wildman–Crippen LogP) is 2.59. The van der Waals surface area contributed by atoms with Gasteiger partial charge in [0.25, 0.3) is 11.8 Å². The van der Waals surface area contributed by atoms with Crippen molar-refractivity contribution in [2.24, 2.45) is 0 Å². The molecule has 3 aliphatic rings. The highest BCUT2D eigenvalue weighted by atomic mass is 19.1. The van der Waals surface area contributed by atoms with Gasteiger partial charge in [-0.05, 0) is 57.2 Å². The molecule has 1 atom stereocenters. The lowest BCUT2D eigenvalue weighted by molar-refractivity contribution is -0.131. The number of fused-ring (bicyclic) bond motifs is 1. The third kappa shape index (κ3) is 6.53. The molecule has 2 saturated heterocycles. The number of nitrogens with two attached hydrogens (primary N) is 1. The summed E-state index contributed by atoms with van der Waals surface area (Å²) in [7, 11) is 0. The van der Waals surface area contributed by atoms with Crippen molar-refractivity contribution in [3.05, 3.63) is 53.3 Å². The Hall–Kier alpha value is -4.88. The highest BCUT2D eigenvalue weighted by Gasteiger charge is 2.36. The van der Waals surface area contributed by atoms with Crippen LogP contribution >= 0.6 is 0 Å². The maximum Gasteiger partial charge on any atom is 0.414 e. The molecule has 0 radical (unpaired) electrons. The highest BCUT2D eigenvalue weighted by Crippen LogP contribution is 2.29. The number of halogens is 1. The SMILES string of the molecule is CC(C)(C)OC(=O)NC[C@H]1CN(c2ccc(N3CCN(C(=O)CCN4C(=O)c5ccc(N)cc5C4=O)CC3)c(F)c2)C(=O)O1. The van der Waals surface area contributed by atoms with Gasteiger partial charge in [0.2, 0.25) is 5.91 Å². The van der Waals surface area contributed by atoms with E-state index in [1.807, 2.05) is 4.90 Å².